The molecule has 0 aromatic carbocycles. The summed E-state index contributed by atoms with van der Waals surface area (Å²) in [5.41, 5.74) is 16.3. The van der Waals surface area contributed by atoms with Crippen molar-refractivity contribution >= 4 is 18.0 Å². The summed E-state index contributed by atoms with van der Waals surface area (Å²) in [5, 5.41) is 9.14. The monoisotopic (exact) mass is 427 g/mol. The standard InChI is InChI=1S/C17H29N7O6/c1-2-28-16(26)14(22-17(27)30-13-7-11-21-24-19)8-4-3-5-9-15(25)29-12-6-10-20-23-18/h14H,2-13H2,1H3,(H,22,27). The van der Waals surface area contributed by atoms with Gasteiger partial charge in [-0.1, -0.05) is 23.1 Å². The number of hydrogen-bond donors (Lipinski definition) is 1. The number of ether oxygens (including phenoxy) is 3. The maximum absolute atomic E-state index is 12.0. The summed E-state index contributed by atoms with van der Waals surface area (Å²) in [7, 11) is 0. The Morgan fingerprint density at radius 2 is 1.53 bits per heavy atom. The zero-order valence-electron chi connectivity index (χ0n) is 17.2. The molecule has 0 spiro atoms. The number of carbonyl (C=O) groups is 3. The third kappa shape index (κ3) is 15.8. The van der Waals surface area contributed by atoms with Crippen molar-refractivity contribution in [2.75, 3.05) is 32.9 Å². The van der Waals surface area contributed by atoms with Crippen molar-refractivity contribution in [2.45, 2.75) is 57.9 Å². The van der Waals surface area contributed by atoms with E-state index in [4.69, 9.17) is 25.3 Å². The second-order valence-corrected chi connectivity index (χ2v) is 6.02. The predicted octanol–water partition coefficient (Wildman–Crippen LogP) is 3.54. The fraction of sp³-hybridized carbons (Fsp3) is 0.824. The summed E-state index contributed by atoms with van der Waals surface area (Å²) in [6.45, 7) is 2.61. The van der Waals surface area contributed by atoms with Crippen molar-refractivity contribution in [3.05, 3.63) is 20.9 Å². The van der Waals surface area contributed by atoms with Crippen LogP contribution in [0, 0.1) is 0 Å². The van der Waals surface area contributed by atoms with Gasteiger partial charge in [0.2, 0.25) is 0 Å². The highest BCUT2D eigenvalue weighted by Crippen LogP contribution is 2.09. The van der Waals surface area contributed by atoms with E-state index in [9.17, 15) is 14.4 Å². The molecular formula is C17H29N7O6. The second-order valence-electron chi connectivity index (χ2n) is 6.02. The van der Waals surface area contributed by atoms with Crippen molar-refractivity contribution in [3.63, 3.8) is 0 Å². The summed E-state index contributed by atoms with van der Waals surface area (Å²) in [6, 6.07) is -0.845. The van der Waals surface area contributed by atoms with Crippen molar-refractivity contribution in [1.29, 1.82) is 0 Å². The molecule has 0 saturated carbocycles. The van der Waals surface area contributed by atoms with Crippen LogP contribution >= 0.6 is 0 Å². The molecule has 1 N–H and O–H groups in total. The van der Waals surface area contributed by atoms with Crippen molar-refractivity contribution in [2.24, 2.45) is 10.2 Å². The molecule has 0 aliphatic rings. The highest BCUT2D eigenvalue weighted by atomic mass is 16.6. The Morgan fingerprint density at radius 3 is 2.13 bits per heavy atom. The Labute approximate surface area is 174 Å². The van der Waals surface area contributed by atoms with Crippen LogP contribution in [0.2, 0.25) is 0 Å². The van der Waals surface area contributed by atoms with E-state index in [0.29, 0.717) is 38.5 Å². The quantitative estimate of drug-likeness (QED) is 0.0921. The summed E-state index contributed by atoms with van der Waals surface area (Å²) in [4.78, 5) is 40.6. The van der Waals surface area contributed by atoms with Crippen LogP contribution in [0.1, 0.15) is 51.9 Å². The minimum Gasteiger partial charge on any atom is -0.466 e. The molecule has 0 radical (unpaired) electrons. The maximum Gasteiger partial charge on any atom is 0.407 e. The van der Waals surface area contributed by atoms with Gasteiger partial charge in [0, 0.05) is 29.3 Å². The molecule has 168 valence electrons. The molecule has 1 unspecified atom stereocenters. The van der Waals surface area contributed by atoms with Gasteiger partial charge in [-0.15, -0.1) is 0 Å². The van der Waals surface area contributed by atoms with E-state index in [0.717, 1.165) is 0 Å². The van der Waals surface area contributed by atoms with Gasteiger partial charge >= 0.3 is 18.0 Å². The summed E-state index contributed by atoms with van der Waals surface area (Å²) in [6.07, 6.45) is 2.51. The van der Waals surface area contributed by atoms with Gasteiger partial charge in [0.15, 0.2) is 0 Å². The van der Waals surface area contributed by atoms with Crippen LogP contribution in [0.25, 0.3) is 20.9 Å². The molecule has 0 aliphatic heterocycles. The van der Waals surface area contributed by atoms with Crippen LogP contribution in [-0.2, 0) is 23.8 Å². The first kappa shape index (κ1) is 26.8. The first-order valence-corrected chi connectivity index (χ1v) is 9.82. The topological polar surface area (TPSA) is 188 Å². The third-order valence-electron chi connectivity index (χ3n) is 3.66. The van der Waals surface area contributed by atoms with E-state index >= 15 is 0 Å². The van der Waals surface area contributed by atoms with Crippen LogP contribution in [-0.4, -0.2) is 57.0 Å². The Balaban J connectivity index is 4.11. The predicted molar refractivity (Wildman–Crippen MR) is 106 cm³/mol. The maximum atomic E-state index is 12.0. The molecule has 0 fully saturated rings. The molecule has 13 heteroatoms. The Hall–Kier alpha value is -3.17. The smallest absolute Gasteiger partial charge is 0.407 e. The minimum atomic E-state index is -0.845. The highest BCUT2D eigenvalue weighted by Gasteiger charge is 2.22. The normalized spacial score (nSPS) is 10.7. The van der Waals surface area contributed by atoms with Crippen molar-refractivity contribution in [3.8, 4) is 0 Å². The molecular weight excluding hydrogens is 398 g/mol. The van der Waals surface area contributed by atoms with Gasteiger partial charge < -0.3 is 19.5 Å². The first-order chi connectivity index (χ1) is 14.5. The van der Waals surface area contributed by atoms with Gasteiger partial charge in [0.1, 0.15) is 6.04 Å². The molecule has 0 aromatic heterocycles. The molecule has 13 nitrogen and oxygen atoms in total. The number of amides is 1. The van der Waals surface area contributed by atoms with Crippen LogP contribution in [0.4, 0.5) is 4.79 Å². The molecule has 0 aromatic rings. The lowest BCUT2D eigenvalue weighted by Crippen LogP contribution is -2.42. The number of nitrogens with one attached hydrogen (secondary N) is 1. The largest absolute Gasteiger partial charge is 0.466 e. The average Bonchev–Trinajstić information content (AvgIpc) is 2.72. The molecule has 1 amide bonds. The average molecular weight is 427 g/mol. The molecule has 0 bridgehead atoms. The lowest BCUT2D eigenvalue weighted by molar-refractivity contribution is -0.146. The summed E-state index contributed by atoms with van der Waals surface area (Å²) < 4.78 is 14.9. The number of rotatable bonds is 17. The highest BCUT2D eigenvalue weighted by molar-refractivity contribution is 5.81. The fourth-order valence-electron chi connectivity index (χ4n) is 2.25. The summed E-state index contributed by atoms with van der Waals surface area (Å²) >= 11 is 0. The molecule has 0 saturated heterocycles. The Morgan fingerprint density at radius 1 is 0.900 bits per heavy atom. The van der Waals surface area contributed by atoms with Gasteiger partial charge in [0.05, 0.1) is 19.8 Å². The first-order valence-electron chi connectivity index (χ1n) is 9.82. The number of nitrogens with zero attached hydrogens (tertiary/aromatic N) is 6. The Kier molecular flexibility index (Phi) is 17.1. The molecule has 1 atom stereocenters. The van der Waals surface area contributed by atoms with Gasteiger partial charge in [-0.25, -0.2) is 9.59 Å². The third-order valence-corrected chi connectivity index (χ3v) is 3.66. The van der Waals surface area contributed by atoms with Crippen LogP contribution in [0.3, 0.4) is 0 Å². The lowest BCUT2D eigenvalue weighted by Gasteiger charge is -2.17. The zero-order chi connectivity index (χ0) is 22.5. The fourth-order valence-corrected chi connectivity index (χ4v) is 2.25. The van der Waals surface area contributed by atoms with Gasteiger partial charge in [0.25, 0.3) is 0 Å². The van der Waals surface area contributed by atoms with E-state index in [1.54, 1.807) is 6.92 Å². The number of carbonyl (C=O) groups excluding carboxylic acids is 3. The number of azide groups is 2. The lowest BCUT2D eigenvalue weighted by atomic mass is 10.1. The second kappa shape index (κ2) is 19.2. The summed E-state index contributed by atoms with van der Waals surface area (Å²) in [5.74, 6) is -0.886. The van der Waals surface area contributed by atoms with Gasteiger partial charge in [-0.3, -0.25) is 4.79 Å². The van der Waals surface area contributed by atoms with E-state index in [2.05, 4.69) is 25.4 Å². The van der Waals surface area contributed by atoms with E-state index in [1.807, 2.05) is 0 Å². The molecule has 0 heterocycles. The Bertz CT molecular complexity index is 618. The van der Waals surface area contributed by atoms with Crippen LogP contribution in [0.5, 0.6) is 0 Å². The minimum absolute atomic E-state index is 0.0609. The molecule has 0 rings (SSSR count). The van der Waals surface area contributed by atoms with Crippen molar-refractivity contribution in [1.82, 2.24) is 5.32 Å². The number of unbranched alkanes of at least 4 members (excludes halogenated alkanes) is 2. The molecule has 30 heavy (non-hydrogen) atoms. The number of hydrogen-bond acceptors (Lipinski definition) is 8. The van der Waals surface area contributed by atoms with Crippen molar-refractivity contribution < 1.29 is 28.6 Å². The van der Waals surface area contributed by atoms with E-state index < -0.39 is 18.1 Å². The SMILES string of the molecule is CCOC(=O)C(CCCCCC(=O)OCCCN=[N+]=[N-])NC(=O)OCCCN=[N+]=[N-]. The molecule has 0 aliphatic carbocycles. The van der Waals surface area contributed by atoms with Gasteiger partial charge in [-0.2, -0.15) is 0 Å². The van der Waals surface area contributed by atoms with E-state index in [1.165, 1.54) is 0 Å². The van der Waals surface area contributed by atoms with Crippen LogP contribution < -0.4 is 5.32 Å². The zero-order valence-corrected chi connectivity index (χ0v) is 17.2. The number of esters is 2. The van der Waals surface area contributed by atoms with E-state index in [-0.39, 0.29) is 45.3 Å². The van der Waals surface area contributed by atoms with Gasteiger partial charge in [-0.05, 0) is 43.7 Å². The number of alkyl carbamates (subject to hydrolysis) is 1. The van der Waals surface area contributed by atoms with Crippen LogP contribution in [0.15, 0.2) is 10.2 Å².